The third kappa shape index (κ3) is 2.88. The minimum absolute atomic E-state index is 0.426. The maximum absolute atomic E-state index is 11.5. The Labute approximate surface area is 108 Å². The average molecular weight is 249 g/mol. The normalized spacial score (nSPS) is 10.1. The fourth-order valence-electron chi connectivity index (χ4n) is 1.84. The second-order valence-electron chi connectivity index (χ2n) is 4.39. The summed E-state index contributed by atoms with van der Waals surface area (Å²) in [6.07, 6.45) is 0. The first-order valence-corrected chi connectivity index (χ1v) is 5.77. The van der Waals surface area contributed by atoms with Crippen LogP contribution in [0.1, 0.15) is 23.6 Å². The monoisotopic (exact) mass is 249 g/mol. The third-order valence-electron chi connectivity index (χ3n) is 3.12. The molecular weight excluding hydrogens is 230 g/mol. The molecule has 1 rings (SSSR count). The summed E-state index contributed by atoms with van der Waals surface area (Å²) < 4.78 is 5.24. The third-order valence-corrected chi connectivity index (χ3v) is 3.12. The highest BCUT2D eigenvalue weighted by Gasteiger charge is 2.15. The lowest BCUT2D eigenvalue weighted by Crippen LogP contribution is -2.31. The highest BCUT2D eigenvalue weighted by Crippen LogP contribution is 2.24. The van der Waals surface area contributed by atoms with Crippen molar-refractivity contribution in [3.8, 4) is 5.75 Å². The van der Waals surface area contributed by atoms with Gasteiger partial charge in [-0.3, -0.25) is 9.59 Å². The van der Waals surface area contributed by atoms with E-state index in [1.54, 1.807) is 14.2 Å². The number of nitrogens with zero attached hydrogens (tertiary/aromatic N) is 1. The Balaban J connectivity index is 2.96. The fourth-order valence-corrected chi connectivity index (χ4v) is 1.84. The second kappa shape index (κ2) is 5.67. The van der Waals surface area contributed by atoms with Crippen molar-refractivity contribution >= 4 is 11.7 Å². The van der Waals surface area contributed by atoms with Gasteiger partial charge in [-0.25, -0.2) is 0 Å². The molecule has 0 saturated carbocycles. The summed E-state index contributed by atoms with van der Waals surface area (Å²) in [7, 11) is 3.26. The van der Waals surface area contributed by atoms with Crippen LogP contribution in [0.2, 0.25) is 0 Å². The van der Waals surface area contributed by atoms with E-state index in [2.05, 4.69) is 0 Å². The van der Waals surface area contributed by atoms with Crippen molar-refractivity contribution in [3.63, 3.8) is 0 Å². The molecule has 1 aromatic carbocycles. The number of carbonyl (C=O) groups excluding carboxylic acids is 2. The summed E-state index contributed by atoms with van der Waals surface area (Å²) >= 11 is 0. The molecule has 0 radical (unpaired) electrons. The molecule has 18 heavy (non-hydrogen) atoms. The summed E-state index contributed by atoms with van der Waals surface area (Å²) in [5.74, 6) is -0.0833. The smallest absolute Gasteiger partial charge is 0.289 e. The predicted octanol–water partition coefficient (Wildman–Crippen LogP) is 1.86. The molecule has 0 spiro atoms. The molecule has 4 heteroatoms. The number of hydrogen-bond donors (Lipinski definition) is 0. The molecule has 0 aromatic heterocycles. The first kappa shape index (κ1) is 14.2. The molecule has 0 atom stereocenters. The van der Waals surface area contributed by atoms with Crippen molar-refractivity contribution < 1.29 is 14.3 Å². The molecular formula is C14H19NO3. The van der Waals surface area contributed by atoms with Crippen molar-refractivity contribution in [3.05, 3.63) is 28.8 Å². The molecule has 4 nitrogen and oxygen atoms in total. The van der Waals surface area contributed by atoms with Gasteiger partial charge in [-0.15, -0.1) is 0 Å². The lowest BCUT2D eigenvalue weighted by atomic mass is 10.0. The van der Waals surface area contributed by atoms with Gasteiger partial charge < -0.3 is 9.64 Å². The molecule has 0 fully saturated rings. The van der Waals surface area contributed by atoms with E-state index in [0.717, 1.165) is 22.4 Å². The van der Waals surface area contributed by atoms with Gasteiger partial charge in [0.2, 0.25) is 5.78 Å². The van der Waals surface area contributed by atoms with E-state index < -0.39 is 11.7 Å². The molecule has 0 bridgehead atoms. The van der Waals surface area contributed by atoms with E-state index in [9.17, 15) is 9.59 Å². The van der Waals surface area contributed by atoms with E-state index in [1.807, 2.05) is 26.0 Å². The Morgan fingerprint density at radius 2 is 1.83 bits per heavy atom. The van der Waals surface area contributed by atoms with Crippen molar-refractivity contribution in [2.45, 2.75) is 27.3 Å². The summed E-state index contributed by atoms with van der Waals surface area (Å²) in [6.45, 7) is 5.67. The Kier molecular flexibility index (Phi) is 4.48. The fraction of sp³-hybridized carbons (Fsp3) is 0.429. The van der Waals surface area contributed by atoms with Gasteiger partial charge in [0, 0.05) is 20.5 Å². The molecule has 1 amide bonds. The van der Waals surface area contributed by atoms with E-state index >= 15 is 0 Å². The van der Waals surface area contributed by atoms with Crippen molar-refractivity contribution in [2.75, 3.05) is 14.2 Å². The number of ketones is 1. The Bertz CT molecular complexity index is 480. The maximum Gasteiger partial charge on any atom is 0.289 e. The van der Waals surface area contributed by atoms with E-state index in [1.165, 1.54) is 11.8 Å². The number of Topliss-reactive ketones (excluding diaryl/α,β-unsaturated/α-hetero) is 1. The van der Waals surface area contributed by atoms with Gasteiger partial charge in [-0.2, -0.15) is 0 Å². The largest absolute Gasteiger partial charge is 0.496 e. The van der Waals surface area contributed by atoms with Gasteiger partial charge in [0.15, 0.2) is 0 Å². The Morgan fingerprint density at radius 3 is 2.33 bits per heavy atom. The molecule has 0 aliphatic carbocycles. The maximum atomic E-state index is 11.5. The minimum atomic E-state index is -0.470. The zero-order chi connectivity index (χ0) is 13.9. The van der Waals surface area contributed by atoms with Crippen molar-refractivity contribution in [1.29, 1.82) is 0 Å². The van der Waals surface area contributed by atoms with Crippen LogP contribution in [0.3, 0.4) is 0 Å². The Hall–Kier alpha value is -1.84. The molecule has 1 aromatic rings. The van der Waals surface area contributed by atoms with Crippen LogP contribution >= 0.6 is 0 Å². The van der Waals surface area contributed by atoms with E-state index in [0.29, 0.717) is 6.54 Å². The van der Waals surface area contributed by atoms with Crippen LogP contribution in [0, 0.1) is 13.8 Å². The number of amides is 1. The Morgan fingerprint density at radius 1 is 1.22 bits per heavy atom. The number of hydrogen-bond acceptors (Lipinski definition) is 3. The number of rotatable bonds is 4. The summed E-state index contributed by atoms with van der Waals surface area (Å²) in [5, 5.41) is 0. The number of likely N-dealkylation sites (N-methyl/N-ethyl adjacent to an activating group) is 1. The van der Waals surface area contributed by atoms with E-state index in [-0.39, 0.29) is 0 Å². The number of carbonyl (C=O) groups is 2. The van der Waals surface area contributed by atoms with Crippen molar-refractivity contribution in [1.82, 2.24) is 4.90 Å². The number of benzene rings is 1. The van der Waals surface area contributed by atoms with Gasteiger partial charge >= 0.3 is 0 Å². The van der Waals surface area contributed by atoms with Crippen LogP contribution in [0.25, 0.3) is 0 Å². The van der Waals surface area contributed by atoms with E-state index in [4.69, 9.17) is 4.74 Å². The van der Waals surface area contributed by atoms with Crippen LogP contribution in [0.4, 0.5) is 0 Å². The molecule has 98 valence electrons. The summed E-state index contributed by atoms with van der Waals surface area (Å²) in [4.78, 5) is 24.0. The highest BCUT2D eigenvalue weighted by molar-refractivity contribution is 6.34. The van der Waals surface area contributed by atoms with Gasteiger partial charge in [0.1, 0.15) is 5.75 Å². The van der Waals surface area contributed by atoms with Crippen LogP contribution in [-0.4, -0.2) is 30.7 Å². The molecule has 0 saturated heterocycles. The standard InChI is InChI=1S/C14H19NO3/c1-9-10(2)13(18-5)7-6-12(9)8-15(4)14(17)11(3)16/h6-7H,8H2,1-5H3. The van der Waals surface area contributed by atoms with Crippen LogP contribution in [0.5, 0.6) is 5.75 Å². The SMILES string of the molecule is COc1ccc(CN(C)C(=O)C(C)=O)c(C)c1C. The molecule has 0 N–H and O–H groups in total. The highest BCUT2D eigenvalue weighted by atomic mass is 16.5. The predicted molar refractivity (Wildman–Crippen MR) is 69.6 cm³/mol. The zero-order valence-corrected chi connectivity index (χ0v) is 11.5. The van der Waals surface area contributed by atoms with Crippen LogP contribution in [-0.2, 0) is 16.1 Å². The van der Waals surface area contributed by atoms with Gasteiger partial charge in [0.25, 0.3) is 5.91 Å². The minimum Gasteiger partial charge on any atom is -0.496 e. The molecule has 0 heterocycles. The lowest BCUT2D eigenvalue weighted by molar-refractivity contribution is -0.143. The van der Waals surface area contributed by atoms with Crippen molar-refractivity contribution in [2.24, 2.45) is 0 Å². The number of methoxy groups -OCH3 is 1. The van der Waals surface area contributed by atoms with Gasteiger partial charge in [-0.05, 0) is 36.6 Å². The van der Waals surface area contributed by atoms with Crippen LogP contribution in [0.15, 0.2) is 12.1 Å². The topological polar surface area (TPSA) is 46.6 Å². The molecule has 0 unspecified atom stereocenters. The first-order chi connectivity index (χ1) is 8.38. The molecule has 0 aliphatic rings. The number of ether oxygens (including phenoxy) is 1. The molecule has 0 aliphatic heterocycles. The van der Waals surface area contributed by atoms with Gasteiger partial charge in [-0.1, -0.05) is 6.07 Å². The summed E-state index contributed by atoms with van der Waals surface area (Å²) in [6, 6.07) is 3.80. The quantitative estimate of drug-likeness (QED) is 0.765. The second-order valence-corrected chi connectivity index (χ2v) is 4.39. The average Bonchev–Trinajstić information content (AvgIpc) is 2.34. The first-order valence-electron chi connectivity index (χ1n) is 5.77. The lowest BCUT2D eigenvalue weighted by Gasteiger charge is -2.19. The van der Waals surface area contributed by atoms with Crippen LogP contribution < -0.4 is 4.74 Å². The van der Waals surface area contributed by atoms with Gasteiger partial charge in [0.05, 0.1) is 7.11 Å². The zero-order valence-electron chi connectivity index (χ0n) is 11.5. The summed E-state index contributed by atoms with van der Waals surface area (Å²) in [5.41, 5.74) is 3.15.